The van der Waals surface area contributed by atoms with E-state index >= 15 is 0 Å². The highest BCUT2D eigenvalue weighted by Gasteiger charge is 2.44. The fourth-order valence-corrected chi connectivity index (χ4v) is 4.54. The second kappa shape index (κ2) is 4.67. The Kier molecular flexibility index (Phi) is 2.73. The second-order valence-electron chi connectivity index (χ2n) is 6.66. The van der Waals surface area contributed by atoms with E-state index in [9.17, 15) is 0 Å². The van der Waals surface area contributed by atoms with Crippen molar-refractivity contribution in [3.05, 3.63) is 42.4 Å². The molecule has 3 heterocycles. The van der Waals surface area contributed by atoms with Gasteiger partial charge in [-0.05, 0) is 24.3 Å². The Morgan fingerprint density at radius 1 is 1.09 bits per heavy atom. The van der Waals surface area contributed by atoms with Gasteiger partial charge in [0.1, 0.15) is 0 Å². The van der Waals surface area contributed by atoms with Crippen LogP contribution in [-0.2, 0) is 9.47 Å². The van der Waals surface area contributed by atoms with Crippen LogP contribution in [0.1, 0.15) is 37.3 Å². The topological polar surface area (TPSA) is 36.3 Å². The van der Waals surface area contributed by atoms with Crippen LogP contribution in [-0.4, -0.2) is 28.6 Å². The molecule has 2 aliphatic heterocycles. The summed E-state index contributed by atoms with van der Waals surface area (Å²) < 4.78 is 14.1. The van der Waals surface area contributed by atoms with Crippen molar-refractivity contribution in [2.45, 2.75) is 37.5 Å². The van der Waals surface area contributed by atoms with E-state index in [0.717, 1.165) is 38.9 Å². The molecular weight excluding hydrogens is 276 g/mol. The van der Waals surface area contributed by atoms with E-state index < -0.39 is 0 Å². The first kappa shape index (κ1) is 12.9. The van der Waals surface area contributed by atoms with E-state index in [2.05, 4.69) is 33.8 Å². The molecule has 2 aromatic rings. The van der Waals surface area contributed by atoms with Crippen LogP contribution in [0.2, 0.25) is 0 Å². The van der Waals surface area contributed by atoms with Crippen molar-refractivity contribution in [1.82, 2.24) is 9.55 Å². The number of imidazole rings is 1. The first-order chi connectivity index (χ1) is 10.9. The first-order valence-electron chi connectivity index (χ1n) is 8.25. The number of ether oxygens (including phenoxy) is 2. The molecule has 0 amide bonds. The van der Waals surface area contributed by atoms with Crippen LogP contribution in [0.25, 0.3) is 11.3 Å². The fourth-order valence-electron chi connectivity index (χ4n) is 4.54. The molecule has 1 aromatic carbocycles. The number of hydrogen-bond acceptors (Lipinski definition) is 3. The average Bonchev–Trinajstić information content (AvgIpc) is 3.25. The number of rotatable bonds is 1. The summed E-state index contributed by atoms with van der Waals surface area (Å²) in [6, 6.07) is 9.19. The lowest BCUT2D eigenvalue weighted by Crippen LogP contribution is -2.37. The third-order valence-electron chi connectivity index (χ3n) is 5.57. The quantitative estimate of drug-likeness (QED) is 0.809. The molecule has 114 valence electrons. The number of aromatic nitrogens is 2. The predicted octanol–water partition coefficient (Wildman–Crippen LogP) is 3.39. The zero-order chi connectivity index (χ0) is 14.6. The monoisotopic (exact) mass is 296 g/mol. The molecule has 1 aliphatic carbocycles. The number of fused-ring (bicyclic) bond motifs is 3. The van der Waals surface area contributed by atoms with E-state index in [0.29, 0.717) is 12.0 Å². The Morgan fingerprint density at radius 2 is 1.86 bits per heavy atom. The van der Waals surface area contributed by atoms with Crippen LogP contribution in [0.5, 0.6) is 0 Å². The van der Waals surface area contributed by atoms with Gasteiger partial charge in [0.2, 0.25) is 0 Å². The second-order valence-corrected chi connectivity index (χ2v) is 6.66. The molecule has 1 saturated carbocycles. The SMILES string of the molecule is c1ccc2c(c1)-c1cncn1C2C1CCC2(CC1)OCCO2. The first-order valence-corrected chi connectivity index (χ1v) is 8.25. The maximum absolute atomic E-state index is 5.87. The molecule has 5 rings (SSSR count). The van der Waals surface area contributed by atoms with Crippen LogP contribution in [0.15, 0.2) is 36.8 Å². The van der Waals surface area contributed by atoms with Crippen molar-refractivity contribution in [2.24, 2.45) is 5.92 Å². The molecule has 0 N–H and O–H groups in total. The van der Waals surface area contributed by atoms with Gasteiger partial charge in [-0.25, -0.2) is 4.98 Å². The van der Waals surface area contributed by atoms with Crippen LogP contribution >= 0.6 is 0 Å². The van der Waals surface area contributed by atoms with Crippen molar-refractivity contribution in [3.63, 3.8) is 0 Å². The van der Waals surface area contributed by atoms with E-state index in [1.807, 2.05) is 12.5 Å². The lowest BCUT2D eigenvalue weighted by atomic mass is 9.78. The zero-order valence-corrected chi connectivity index (χ0v) is 12.6. The molecular formula is C18H20N2O2. The Labute approximate surface area is 130 Å². The van der Waals surface area contributed by atoms with Gasteiger partial charge in [-0.3, -0.25) is 0 Å². The number of nitrogens with zero attached hydrogens (tertiary/aromatic N) is 2. The highest BCUT2D eigenvalue weighted by atomic mass is 16.7. The van der Waals surface area contributed by atoms with Crippen LogP contribution < -0.4 is 0 Å². The molecule has 1 unspecified atom stereocenters. The summed E-state index contributed by atoms with van der Waals surface area (Å²) in [6.45, 7) is 1.51. The molecule has 2 fully saturated rings. The lowest BCUT2D eigenvalue weighted by molar-refractivity contribution is -0.183. The molecule has 1 atom stereocenters. The van der Waals surface area contributed by atoms with Crippen LogP contribution in [0.3, 0.4) is 0 Å². The fraction of sp³-hybridized carbons (Fsp3) is 0.500. The van der Waals surface area contributed by atoms with Crippen molar-refractivity contribution in [3.8, 4) is 11.3 Å². The number of benzene rings is 1. The maximum atomic E-state index is 5.87. The normalized spacial score (nSPS) is 26.3. The van der Waals surface area contributed by atoms with Crippen molar-refractivity contribution >= 4 is 0 Å². The van der Waals surface area contributed by atoms with Crippen LogP contribution in [0, 0.1) is 5.92 Å². The predicted molar refractivity (Wildman–Crippen MR) is 82.4 cm³/mol. The zero-order valence-electron chi connectivity index (χ0n) is 12.6. The molecule has 4 nitrogen and oxygen atoms in total. The standard InChI is InChI=1S/C18H20N2O2/c1-2-4-15-14(3-1)16-11-19-12-20(16)17(15)13-5-7-18(8-6-13)21-9-10-22-18/h1-4,11-13,17H,5-10H2. The van der Waals surface area contributed by atoms with Crippen molar-refractivity contribution in [2.75, 3.05) is 13.2 Å². The Hall–Kier alpha value is -1.65. The minimum atomic E-state index is -0.271. The molecule has 1 spiro atoms. The molecule has 0 bridgehead atoms. The van der Waals surface area contributed by atoms with Gasteiger partial charge in [0.15, 0.2) is 5.79 Å². The molecule has 0 radical (unpaired) electrons. The summed E-state index contributed by atoms with van der Waals surface area (Å²) in [5.41, 5.74) is 4.06. The maximum Gasteiger partial charge on any atom is 0.168 e. The molecule has 3 aliphatic rings. The van der Waals surface area contributed by atoms with Gasteiger partial charge in [0, 0.05) is 18.4 Å². The van der Waals surface area contributed by atoms with E-state index in [-0.39, 0.29) is 5.79 Å². The third kappa shape index (κ3) is 1.74. The van der Waals surface area contributed by atoms with Crippen molar-refractivity contribution in [1.29, 1.82) is 0 Å². The summed E-state index contributed by atoms with van der Waals surface area (Å²) in [5, 5.41) is 0. The highest BCUT2D eigenvalue weighted by Crippen LogP contribution is 2.49. The van der Waals surface area contributed by atoms with Gasteiger partial charge >= 0.3 is 0 Å². The van der Waals surface area contributed by atoms with Gasteiger partial charge in [-0.2, -0.15) is 0 Å². The largest absolute Gasteiger partial charge is 0.348 e. The Bertz CT molecular complexity index is 693. The summed E-state index contributed by atoms with van der Waals surface area (Å²) in [7, 11) is 0. The highest BCUT2D eigenvalue weighted by molar-refractivity contribution is 5.69. The molecule has 22 heavy (non-hydrogen) atoms. The lowest BCUT2D eigenvalue weighted by Gasteiger charge is -2.38. The minimum Gasteiger partial charge on any atom is -0.348 e. The Balaban J connectivity index is 1.47. The van der Waals surface area contributed by atoms with Gasteiger partial charge < -0.3 is 14.0 Å². The van der Waals surface area contributed by atoms with Gasteiger partial charge in [0.05, 0.1) is 37.5 Å². The van der Waals surface area contributed by atoms with Gasteiger partial charge in [-0.15, -0.1) is 0 Å². The van der Waals surface area contributed by atoms with Gasteiger partial charge in [0.25, 0.3) is 0 Å². The Morgan fingerprint density at radius 3 is 2.68 bits per heavy atom. The van der Waals surface area contributed by atoms with E-state index in [4.69, 9.17) is 9.47 Å². The smallest absolute Gasteiger partial charge is 0.168 e. The summed E-state index contributed by atoms with van der Waals surface area (Å²) >= 11 is 0. The third-order valence-corrected chi connectivity index (χ3v) is 5.57. The molecule has 1 aromatic heterocycles. The summed E-state index contributed by atoms with van der Waals surface area (Å²) in [4.78, 5) is 4.37. The van der Waals surface area contributed by atoms with E-state index in [1.165, 1.54) is 16.8 Å². The van der Waals surface area contributed by atoms with Crippen molar-refractivity contribution < 1.29 is 9.47 Å². The number of hydrogen-bond donors (Lipinski definition) is 0. The molecule has 1 saturated heterocycles. The average molecular weight is 296 g/mol. The minimum absolute atomic E-state index is 0.271. The summed E-state index contributed by atoms with van der Waals surface area (Å²) in [5.74, 6) is 0.363. The van der Waals surface area contributed by atoms with Gasteiger partial charge in [-0.1, -0.05) is 24.3 Å². The van der Waals surface area contributed by atoms with Crippen LogP contribution in [0.4, 0.5) is 0 Å². The molecule has 4 heteroatoms. The summed E-state index contributed by atoms with van der Waals surface area (Å²) in [6.07, 6.45) is 8.31. The van der Waals surface area contributed by atoms with E-state index in [1.54, 1.807) is 0 Å².